The van der Waals surface area contributed by atoms with Crippen molar-refractivity contribution in [2.24, 2.45) is 0 Å². The van der Waals surface area contributed by atoms with Crippen LogP contribution in [0.4, 0.5) is 0 Å². The van der Waals surface area contributed by atoms with E-state index in [1.54, 1.807) is 6.20 Å². The predicted molar refractivity (Wildman–Crippen MR) is 79.9 cm³/mol. The molecule has 1 atom stereocenters. The van der Waals surface area contributed by atoms with Gasteiger partial charge >= 0.3 is 0 Å². The molecule has 0 aliphatic rings. The number of benzene rings is 2. The van der Waals surface area contributed by atoms with Crippen molar-refractivity contribution < 1.29 is 5.11 Å². The van der Waals surface area contributed by atoms with Gasteiger partial charge in [0.15, 0.2) is 0 Å². The summed E-state index contributed by atoms with van der Waals surface area (Å²) >= 11 is 3.47. The molecule has 0 aliphatic heterocycles. The Morgan fingerprint density at radius 1 is 0.947 bits per heavy atom. The summed E-state index contributed by atoms with van der Waals surface area (Å²) in [5.74, 6) is 0. The summed E-state index contributed by atoms with van der Waals surface area (Å²) in [6, 6.07) is 17.6. The van der Waals surface area contributed by atoms with Crippen LogP contribution >= 0.6 is 15.9 Å². The van der Waals surface area contributed by atoms with E-state index >= 15 is 0 Å². The molecule has 1 N–H and O–H groups in total. The SMILES string of the molecule is O[C@H](c1ccccc1Br)c1nccc2ccccc12. The standard InChI is InChI=1S/C16H12BrNO/c17-14-8-4-3-7-13(14)16(19)15-12-6-2-1-5-11(12)9-10-18-15/h1-10,16,19H/t16-/m1/s1. The maximum absolute atomic E-state index is 10.6. The first-order valence-corrected chi connectivity index (χ1v) is 6.83. The van der Waals surface area contributed by atoms with E-state index in [1.165, 1.54) is 0 Å². The van der Waals surface area contributed by atoms with Crippen LogP contribution in [0.5, 0.6) is 0 Å². The fraction of sp³-hybridized carbons (Fsp3) is 0.0625. The second-order valence-corrected chi connectivity index (χ2v) is 5.20. The number of aromatic nitrogens is 1. The van der Waals surface area contributed by atoms with Crippen molar-refractivity contribution in [3.05, 3.63) is 76.5 Å². The highest BCUT2D eigenvalue weighted by Crippen LogP contribution is 2.30. The van der Waals surface area contributed by atoms with Gasteiger partial charge in [0.25, 0.3) is 0 Å². The van der Waals surface area contributed by atoms with Gasteiger partial charge in [0, 0.05) is 21.6 Å². The fourth-order valence-electron chi connectivity index (χ4n) is 2.21. The molecule has 0 bridgehead atoms. The minimum absolute atomic E-state index is 0.685. The van der Waals surface area contributed by atoms with Crippen LogP contribution < -0.4 is 0 Å². The van der Waals surface area contributed by atoms with E-state index in [1.807, 2.05) is 54.6 Å². The number of halogens is 1. The third-order valence-electron chi connectivity index (χ3n) is 3.16. The van der Waals surface area contributed by atoms with Gasteiger partial charge in [-0.25, -0.2) is 0 Å². The topological polar surface area (TPSA) is 33.1 Å². The molecule has 94 valence electrons. The molecule has 2 nitrogen and oxygen atoms in total. The van der Waals surface area contributed by atoms with Gasteiger partial charge < -0.3 is 5.11 Å². The summed E-state index contributed by atoms with van der Waals surface area (Å²) in [6.45, 7) is 0. The molecule has 0 fully saturated rings. The minimum atomic E-state index is -0.735. The van der Waals surface area contributed by atoms with Crippen LogP contribution in [-0.2, 0) is 0 Å². The Labute approximate surface area is 119 Å². The molecule has 0 saturated carbocycles. The van der Waals surface area contributed by atoms with Gasteiger partial charge in [0.05, 0.1) is 5.69 Å². The number of nitrogens with zero attached hydrogens (tertiary/aromatic N) is 1. The van der Waals surface area contributed by atoms with Gasteiger partial charge in [-0.2, -0.15) is 0 Å². The molecule has 0 spiro atoms. The van der Waals surface area contributed by atoms with E-state index in [9.17, 15) is 5.11 Å². The highest BCUT2D eigenvalue weighted by Gasteiger charge is 2.16. The highest BCUT2D eigenvalue weighted by molar-refractivity contribution is 9.10. The summed E-state index contributed by atoms with van der Waals surface area (Å²) in [4.78, 5) is 4.35. The zero-order valence-electron chi connectivity index (χ0n) is 10.1. The first kappa shape index (κ1) is 12.3. The van der Waals surface area contributed by atoms with Crippen LogP contribution in [0.25, 0.3) is 10.8 Å². The molecule has 1 heterocycles. The lowest BCUT2D eigenvalue weighted by molar-refractivity contribution is 0.216. The Balaban J connectivity index is 2.17. The van der Waals surface area contributed by atoms with Gasteiger partial charge in [-0.1, -0.05) is 58.4 Å². The molecule has 0 amide bonds. The zero-order valence-corrected chi connectivity index (χ0v) is 11.7. The van der Waals surface area contributed by atoms with Gasteiger partial charge in [0.2, 0.25) is 0 Å². The van der Waals surface area contributed by atoms with E-state index in [0.717, 1.165) is 20.8 Å². The lowest BCUT2D eigenvalue weighted by Gasteiger charge is -2.14. The predicted octanol–water partition coefficient (Wildman–Crippen LogP) is 4.08. The Morgan fingerprint density at radius 2 is 1.68 bits per heavy atom. The fourth-order valence-corrected chi connectivity index (χ4v) is 2.71. The quantitative estimate of drug-likeness (QED) is 0.773. The molecule has 0 unspecified atom stereocenters. The summed E-state index contributed by atoms with van der Waals surface area (Å²) in [7, 11) is 0. The molecule has 19 heavy (non-hydrogen) atoms. The lowest BCUT2D eigenvalue weighted by Crippen LogP contribution is -2.03. The van der Waals surface area contributed by atoms with Crippen molar-refractivity contribution in [1.82, 2.24) is 4.98 Å². The summed E-state index contributed by atoms with van der Waals surface area (Å²) < 4.78 is 0.886. The number of hydrogen-bond acceptors (Lipinski definition) is 2. The lowest BCUT2D eigenvalue weighted by atomic mass is 10.0. The molecule has 0 radical (unpaired) electrons. The second kappa shape index (κ2) is 5.11. The van der Waals surface area contributed by atoms with Crippen molar-refractivity contribution in [3.8, 4) is 0 Å². The molecule has 1 aromatic heterocycles. The van der Waals surface area contributed by atoms with Crippen molar-refractivity contribution in [2.75, 3.05) is 0 Å². The molecule has 3 aromatic rings. The maximum Gasteiger partial charge on any atom is 0.123 e. The van der Waals surface area contributed by atoms with E-state index in [4.69, 9.17) is 0 Å². The Hall–Kier alpha value is -1.71. The number of rotatable bonds is 2. The third-order valence-corrected chi connectivity index (χ3v) is 3.89. The van der Waals surface area contributed by atoms with Gasteiger partial charge in [-0.3, -0.25) is 4.98 Å². The smallest absolute Gasteiger partial charge is 0.123 e. The Bertz CT molecular complexity index is 721. The second-order valence-electron chi connectivity index (χ2n) is 4.34. The molecule has 0 saturated heterocycles. The van der Waals surface area contributed by atoms with E-state index < -0.39 is 6.10 Å². The number of pyridine rings is 1. The van der Waals surface area contributed by atoms with Crippen LogP contribution in [0.3, 0.4) is 0 Å². The van der Waals surface area contributed by atoms with Crippen molar-refractivity contribution >= 4 is 26.7 Å². The van der Waals surface area contributed by atoms with Crippen LogP contribution in [0.2, 0.25) is 0 Å². The average Bonchev–Trinajstić information content (AvgIpc) is 2.46. The van der Waals surface area contributed by atoms with Gasteiger partial charge in [-0.05, 0) is 17.5 Å². The van der Waals surface area contributed by atoms with Crippen molar-refractivity contribution in [3.63, 3.8) is 0 Å². The Morgan fingerprint density at radius 3 is 2.53 bits per heavy atom. The third kappa shape index (κ3) is 2.27. The molecule has 0 aliphatic carbocycles. The highest BCUT2D eigenvalue weighted by atomic mass is 79.9. The monoisotopic (exact) mass is 313 g/mol. The van der Waals surface area contributed by atoms with Crippen LogP contribution in [0, 0.1) is 0 Å². The van der Waals surface area contributed by atoms with Gasteiger partial charge in [-0.15, -0.1) is 0 Å². The summed E-state index contributed by atoms with van der Waals surface area (Å²) in [5.41, 5.74) is 1.51. The normalized spacial score (nSPS) is 12.5. The van der Waals surface area contributed by atoms with E-state index in [0.29, 0.717) is 5.69 Å². The summed E-state index contributed by atoms with van der Waals surface area (Å²) in [6.07, 6.45) is 0.999. The molecule has 2 aromatic carbocycles. The Kier molecular flexibility index (Phi) is 3.32. The van der Waals surface area contributed by atoms with Crippen molar-refractivity contribution in [2.45, 2.75) is 6.10 Å². The minimum Gasteiger partial charge on any atom is -0.382 e. The molecule has 3 heteroatoms. The number of fused-ring (bicyclic) bond motifs is 1. The molecule has 3 rings (SSSR count). The molecular weight excluding hydrogens is 302 g/mol. The average molecular weight is 314 g/mol. The van der Waals surface area contributed by atoms with Crippen LogP contribution in [0.15, 0.2) is 65.3 Å². The van der Waals surface area contributed by atoms with E-state index in [2.05, 4.69) is 20.9 Å². The number of aliphatic hydroxyl groups excluding tert-OH is 1. The number of hydrogen-bond donors (Lipinski definition) is 1. The largest absolute Gasteiger partial charge is 0.382 e. The first-order chi connectivity index (χ1) is 9.27. The van der Waals surface area contributed by atoms with Crippen molar-refractivity contribution in [1.29, 1.82) is 0 Å². The maximum atomic E-state index is 10.6. The van der Waals surface area contributed by atoms with E-state index in [-0.39, 0.29) is 0 Å². The first-order valence-electron chi connectivity index (χ1n) is 6.03. The van der Waals surface area contributed by atoms with Crippen LogP contribution in [-0.4, -0.2) is 10.1 Å². The summed E-state index contributed by atoms with van der Waals surface area (Å²) in [5, 5.41) is 12.6. The number of aliphatic hydroxyl groups is 1. The van der Waals surface area contributed by atoms with Gasteiger partial charge in [0.1, 0.15) is 6.10 Å². The zero-order chi connectivity index (χ0) is 13.2. The molecular formula is C16H12BrNO. The van der Waals surface area contributed by atoms with Crippen LogP contribution in [0.1, 0.15) is 17.4 Å².